The highest BCUT2D eigenvalue weighted by Gasteiger charge is 2.59. The largest absolute Gasteiger partial charge is 0.508 e. The topological polar surface area (TPSA) is 297 Å². The van der Waals surface area contributed by atoms with E-state index in [0.717, 1.165) is 103 Å². The summed E-state index contributed by atoms with van der Waals surface area (Å²) in [5.41, 5.74) is 12.0. The Morgan fingerprint density at radius 2 is 0.833 bits per heavy atom. The monoisotopic (exact) mass is 1330 g/mol. The number of phenolic OH excluding ortho intramolecular Hbond substituents is 1. The fourth-order valence-electron chi connectivity index (χ4n) is 19.5. The smallest absolute Gasteiger partial charge is 0.314 e. The summed E-state index contributed by atoms with van der Waals surface area (Å²) >= 11 is 0. The van der Waals surface area contributed by atoms with E-state index in [1.54, 1.807) is 0 Å². The minimum absolute atomic E-state index is 0.0370. The van der Waals surface area contributed by atoms with Crippen molar-refractivity contribution in [3.05, 3.63) is 88.0 Å². The molecule has 1 saturated heterocycles. The van der Waals surface area contributed by atoms with E-state index in [9.17, 15) is 48.3 Å². The molecule has 6 N–H and O–H groups in total. The van der Waals surface area contributed by atoms with E-state index in [2.05, 4.69) is 56.4 Å². The van der Waals surface area contributed by atoms with Crippen molar-refractivity contribution >= 4 is 53.7 Å². The summed E-state index contributed by atoms with van der Waals surface area (Å²) in [4.78, 5) is 99.6. The van der Waals surface area contributed by atoms with Gasteiger partial charge in [-0.15, -0.1) is 0 Å². The van der Waals surface area contributed by atoms with Gasteiger partial charge in [0.25, 0.3) is 0 Å². The highest BCUT2D eigenvalue weighted by Crippen LogP contribution is 2.65. The Morgan fingerprint density at radius 1 is 0.479 bits per heavy atom. The molecule has 10 aliphatic rings. The number of carbonyl (C=O) groups is 9. The molecule has 15 unspecified atom stereocenters. The van der Waals surface area contributed by atoms with Crippen molar-refractivity contribution in [1.82, 2.24) is 0 Å². The van der Waals surface area contributed by atoms with Crippen LogP contribution in [0, 0.1) is 51.8 Å². The first-order chi connectivity index (χ1) is 45.7. The molecule has 0 radical (unpaired) electrons. The third kappa shape index (κ3) is 17.0. The number of carbonyl (C=O) groups excluding carboxylic acids is 7. The third-order valence-electron chi connectivity index (χ3n) is 23.9. The third-order valence-corrected chi connectivity index (χ3v) is 23.9. The van der Waals surface area contributed by atoms with Crippen LogP contribution in [0.5, 0.6) is 17.2 Å². The molecule has 1 aliphatic heterocycles. The number of aromatic hydroxyl groups is 1. The number of aryl methyl sites for hydroxylation is 3. The van der Waals surface area contributed by atoms with Crippen LogP contribution in [0.3, 0.4) is 0 Å². The van der Waals surface area contributed by atoms with Crippen LogP contribution in [-0.4, -0.2) is 93.9 Å². The number of quaternary nitrogens is 1. The molecular formula is C77H104NO18+. The zero-order valence-corrected chi connectivity index (χ0v) is 57.6. The van der Waals surface area contributed by atoms with E-state index in [1.165, 1.54) is 92.7 Å². The van der Waals surface area contributed by atoms with Crippen LogP contribution in [-0.2, 0) is 81.4 Å². The Morgan fingerprint density at radius 3 is 1.14 bits per heavy atom. The van der Waals surface area contributed by atoms with Gasteiger partial charge in [-0.25, -0.2) is 0 Å². The number of hydrogen-bond acceptors (Lipinski definition) is 16. The Kier molecular flexibility index (Phi) is 24.4. The summed E-state index contributed by atoms with van der Waals surface area (Å²) in [5, 5.41) is 27.2. The van der Waals surface area contributed by atoms with E-state index in [-0.39, 0.29) is 91.0 Å². The molecular weight excluding hydrogens is 1230 g/mol. The van der Waals surface area contributed by atoms with E-state index in [0.29, 0.717) is 70.5 Å². The summed E-state index contributed by atoms with van der Waals surface area (Å²) in [7, 11) is 0. The zero-order valence-electron chi connectivity index (χ0n) is 57.6. The van der Waals surface area contributed by atoms with Crippen molar-refractivity contribution in [2.24, 2.45) is 51.8 Å². The van der Waals surface area contributed by atoms with Gasteiger partial charge in [0.2, 0.25) is 0 Å². The average Bonchev–Trinajstić information content (AvgIpc) is 1.32. The number of fused-ring (bicyclic) bond motifs is 15. The molecule has 13 rings (SSSR count). The molecule has 6 saturated carbocycles. The number of phenols is 1. The Bertz CT molecular complexity index is 3180. The average molecular weight is 1330 g/mol. The second-order valence-electron chi connectivity index (χ2n) is 29.7. The number of carboxylic acids is 2. The summed E-state index contributed by atoms with van der Waals surface area (Å²) in [5.74, 6) is 2.38. The van der Waals surface area contributed by atoms with Crippen LogP contribution in [0.15, 0.2) is 54.6 Å². The Labute approximate surface area is 565 Å². The summed E-state index contributed by atoms with van der Waals surface area (Å²) < 4.78 is 31.9. The number of hydrogen-bond donors (Lipinski definition) is 4. The molecule has 9 aliphatic carbocycles. The molecule has 19 heteroatoms. The second-order valence-corrected chi connectivity index (χ2v) is 29.7. The molecule has 7 fully saturated rings. The molecule has 15 atom stereocenters. The van der Waals surface area contributed by atoms with Crippen LogP contribution < -0.4 is 15.2 Å². The van der Waals surface area contributed by atoms with Crippen molar-refractivity contribution in [2.75, 3.05) is 6.54 Å². The van der Waals surface area contributed by atoms with Gasteiger partial charge in [0.1, 0.15) is 35.6 Å². The van der Waals surface area contributed by atoms with Crippen molar-refractivity contribution in [1.29, 1.82) is 0 Å². The van der Waals surface area contributed by atoms with Crippen LogP contribution in [0.2, 0.25) is 0 Å². The molecule has 0 aromatic heterocycles. The van der Waals surface area contributed by atoms with Gasteiger partial charge in [0, 0.05) is 37.0 Å². The van der Waals surface area contributed by atoms with Crippen LogP contribution in [0.25, 0.3) is 0 Å². The van der Waals surface area contributed by atoms with Crippen LogP contribution in [0.1, 0.15) is 254 Å². The number of carboxylic acid groups (broad SMARTS) is 2. The lowest BCUT2D eigenvalue weighted by Crippen LogP contribution is -2.49. The molecule has 3 aromatic rings. The standard InChI is InChI=1S/2C24H30O6.C20H26O3.C5H13N.C4H4O3/c2*1-14(25)29-21-8-7-20-19-5-3-15-13-16(30-23(28)10-9-22(26)27)4-6-17(15)18(19)11-12-24(20,21)2;1-12(21)23-19-8-7-18-17-5-3-13-11-14(22)4-6-15(13)16(17)9-10-20(18,19)2;1-2-3-4-5-6;5-3-1-2-4(6)7-3/h2*4,6,13,18-21H,3,5,7-12H2,1-2H3,(H,26,27);4,6,11,16-19,22H,3,5,7-10H2,1-2H3;2-6H2,1H3;1-2H2/p+1. The molecule has 0 spiro atoms. The molecule has 0 amide bonds. The van der Waals surface area contributed by atoms with E-state index in [4.69, 9.17) is 33.9 Å². The summed E-state index contributed by atoms with van der Waals surface area (Å²) in [6, 6.07) is 17.7. The lowest BCUT2D eigenvalue weighted by atomic mass is 9.55. The quantitative estimate of drug-likeness (QED) is 0.0383. The number of ether oxygens (including phenoxy) is 6. The SMILES string of the molecule is CC(=O)OC1CCC2C3CCc4cc(O)ccc4C3CCC12C.CC(=O)OC1CCC2C3CCc4cc(OC(=O)CCC(=O)O)ccc4C3CCC12C.CC(=O)OC1CCC2C3CCc4cc(OC(=O)CCC(=O)O)ccc4C3CCC12C.CCCCC[NH3+].O=C1CCC(=O)O1. The van der Waals surface area contributed by atoms with Gasteiger partial charge in [0.05, 0.1) is 45.1 Å². The maximum Gasteiger partial charge on any atom is 0.314 e. The number of benzene rings is 3. The predicted octanol–water partition coefficient (Wildman–Crippen LogP) is 12.9. The van der Waals surface area contributed by atoms with Crippen molar-refractivity contribution < 1.29 is 92.6 Å². The number of cyclic esters (lactones) is 2. The summed E-state index contributed by atoms with van der Waals surface area (Å²) in [6.45, 7) is 14.8. The predicted molar refractivity (Wildman–Crippen MR) is 354 cm³/mol. The minimum atomic E-state index is -1.00. The lowest BCUT2D eigenvalue weighted by Gasteiger charge is -2.50. The van der Waals surface area contributed by atoms with Crippen LogP contribution in [0.4, 0.5) is 0 Å². The number of esters is 7. The molecule has 524 valence electrons. The van der Waals surface area contributed by atoms with Gasteiger partial charge < -0.3 is 49.5 Å². The fraction of sp³-hybridized carbons (Fsp3) is 0.649. The van der Waals surface area contributed by atoms with Gasteiger partial charge in [-0.1, -0.05) is 52.3 Å². The van der Waals surface area contributed by atoms with E-state index in [1.807, 2.05) is 36.4 Å². The van der Waals surface area contributed by atoms with Gasteiger partial charge in [0.15, 0.2) is 0 Å². The number of aliphatic carboxylic acids is 2. The molecule has 96 heavy (non-hydrogen) atoms. The first-order valence-electron chi connectivity index (χ1n) is 35.7. The van der Waals surface area contributed by atoms with Crippen molar-refractivity contribution in [3.63, 3.8) is 0 Å². The first-order valence-corrected chi connectivity index (χ1v) is 35.7. The van der Waals surface area contributed by atoms with E-state index >= 15 is 0 Å². The van der Waals surface area contributed by atoms with Gasteiger partial charge >= 0.3 is 53.7 Å². The summed E-state index contributed by atoms with van der Waals surface area (Å²) in [6.07, 6.45) is 23.3. The van der Waals surface area contributed by atoms with Crippen molar-refractivity contribution in [3.8, 4) is 17.2 Å². The normalized spacial score (nSPS) is 31.1. The number of unbranched alkanes of at least 4 members (excludes halogenated alkanes) is 2. The number of rotatable bonds is 14. The van der Waals surface area contributed by atoms with Gasteiger partial charge in [-0.2, -0.15) is 0 Å². The molecule has 0 bridgehead atoms. The zero-order chi connectivity index (χ0) is 69.2. The minimum Gasteiger partial charge on any atom is -0.508 e. The second kappa shape index (κ2) is 32.0. The van der Waals surface area contributed by atoms with Gasteiger partial charge in [-0.3, -0.25) is 43.2 Å². The molecule has 19 nitrogen and oxygen atoms in total. The lowest BCUT2D eigenvalue weighted by molar-refractivity contribution is -0.368. The maximum absolute atomic E-state index is 11.9. The fourth-order valence-corrected chi connectivity index (χ4v) is 19.5. The first kappa shape index (κ1) is 73.1. The molecule has 3 aromatic carbocycles. The van der Waals surface area contributed by atoms with Gasteiger partial charge in [-0.05, 0) is 251 Å². The Balaban J connectivity index is 0.000000155. The highest BCUT2D eigenvalue weighted by molar-refractivity contribution is 5.92. The maximum atomic E-state index is 11.9. The van der Waals surface area contributed by atoms with E-state index < -0.39 is 35.8 Å². The van der Waals surface area contributed by atoms with Crippen molar-refractivity contribution in [2.45, 2.75) is 258 Å². The molecule has 1 heterocycles. The Hall–Kier alpha value is -7.15. The highest BCUT2D eigenvalue weighted by atomic mass is 16.6. The van der Waals surface area contributed by atoms with Crippen LogP contribution >= 0.6 is 0 Å².